The number of hydrogen-bond acceptors (Lipinski definition) is 6. The molecular weight excluding hydrogens is 396 g/mol. The lowest BCUT2D eigenvalue weighted by molar-refractivity contribution is 0.0635. The van der Waals surface area contributed by atoms with Gasteiger partial charge in [-0.15, -0.1) is 0 Å². The Morgan fingerprint density at radius 3 is 2.29 bits per heavy atom. The van der Waals surface area contributed by atoms with Crippen molar-refractivity contribution in [1.82, 2.24) is 0 Å². The second-order valence-corrected chi connectivity index (χ2v) is 7.64. The molecule has 0 heterocycles. The number of hydrogen-bond donors (Lipinski definition) is 2. The molecule has 0 aromatic heterocycles. The predicted octanol–water partition coefficient (Wildman–Crippen LogP) is 4.34. The van der Waals surface area contributed by atoms with Crippen LogP contribution in [-0.4, -0.2) is 50.4 Å². The molecule has 2 aromatic carbocycles. The van der Waals surface area contributed by atoms with Crippen molar-refractivity contribution in [3.8, 4) is 22.6 Å². The highest BCUT2D eigenvalue weighted by Gasteiger charge is 2.13. The molecule has 0 bridgehead atoms. The fourth-order valence-electron chi connectivity index (χ4n) is 3.57. The standard InChI is InChI=1S/C25H36O6/c1-18(28-2)7-5-9-22(29-3)11-12-31-23-10-6-8-19(13-23)24-14-21(17-27)25(30-4)15-20(24)16-26/h6,8,10,13-15,18,22,26-27H,5,7,9,11-12,16-17H2,1-4H3. The first-order valence-electron chi connectivity index (χ1n) is 10.8. The summed E-state index contributed by atoms with van der Waals surface area (Å²) < 4.78 is 22.2. The van der Waals surface area contributed by atoms with Gasteiger partial charge in [0.25, 0.3) is 0 Å². The van der Waals surface area contributed by atoms with Crippen molar-refractivity contribution in [2.75, 3.05) is 27.9 Å². The van der Waals surface area contributed by atoms with E-state index in [4.69, 9.17) is 18.9 Å². The zero-order valence-electron chi connectivity index (χ0n) is 19.1. The van der Waals surface area contributed by atoms with Gasteiger partial charge in [-0.05, 0) is 67.1 Å². The van der Waals surface area contributed by atoms with Crippen molar-refractivity contribution < 1.29 is 29.2 Å². The van der Waals surface area contributed by atoms with E-state index in [0.717, 1.165) is 48.1 Å². The molecule has 0 spiro atoms. The number of aliphatic hydroxyl groups is 2. The Kier molecular flexibility index (Phi) is 10.8. The number of rotatable bonds is 14. The summed E-state index contributed by atoms with van der Waals surface area (Å²) >= 11 is 0. The number of aliphatic hydroxyl groups excluding tert-OH is 2. The van der Waals surface area contributed by atoms with Gasteiger partial charge in [0.1, 0.15) is 11.5 Å². The molecule has 0 fully saturated rings. The predicted molar refractivity (Wildman–Crippen MR) is 122 cm³/mol. The van der Waals surface area contributed by atoms with E-state index in [2.05, 4.69) is 6.92 Å². The molecule has 0 saturated carbocycles. The fourth-order valence-corrected chi connectivity index (χ4v) is 3.57. The molecule has 6 nitrogen and oxygen atoms in total. The largest absolute Gasteiger partial charge is 0.496 e. The minimum absolute atomic E-state index is 0.125. The Morgan fingerprint density at radius 2 is 1.65 bits per heavy atom. The molecule has 31 heavy (non-hydrogen) atoms. The Morgan fingerprint density at radius 1 is 0.871 bits per heavy atom. The summed E-state index contributed by atoms with van der Waals surface area (Å²) in [5.41, 5.74) is 3.17. The minimum Gasteiger partial charge on any atom is -0.496 e. The summed E-state index contributed by atoms with van der Waals surface area (Å²) in [5.74, 6) is 1.32. The quantitative estimate of drug-likeness (QED) is 0.463. The Labute approximate surface area is 185 Å². The van der Waals surface area contributed by atoms with Crippen LogP contribution in [0, 0.1) is 0 Å². The average molecular weight is 433 g/mol. The molecular formula is C25H36O6. The van der Waals surface area contributed by atoms with Crippen molar-refractivity contribution in [3.63, 3.8) is 0 Å². The van der Waals surface area contributed by atoms with E-state index in [0.29, 0.717) is 17.9 Å². The summed E-state index contributed by atoms with van der Waals surface area (Å²) in [5, 5.41) is 19.5. The fraction of sp³-hybridized carbons (Fsp3) is 0.520. The van der Waals surface area contributed by atoms with Crippen molar-refractivity contribution in [3.05, 3.63) is 47.5 Å². The van der Waals surface area contributed by atoms with Gasteiger partial charge >= 0.3 is 0 Å². The molecule has 2 atom stereocenters. The van der Waals surface area contributed by atoms with E-state index >= 15 is 0 Å². The maximum absolute atomic E-state index is 9.81. The van der Waals surface area contributed by atoms with Crippen LogP contribution in [0.25, 0.3) is 11.1 Å². The second kappa shape index (κ2) is 13.3. The number of ether oxygens (including phenoxy) is 4. The Balaban J connectivity index is 2.02. The molecule has 2 unspecified atom stereocenters. The first kappa shape index (κ1) is 25.1. The van der Waals surface area contributed by atoms with E-state index in [1.165, 1.54) is 0 Å². The van der Waals surface area contributed by atoms with E-state index in [-0.39, 0.29) is 25.4 Å². The third-order valence-electron chi connectivity index (χ3n) is 5.57. The SMILES string of the molecule is COc1cc(CO)c(-c2cccc(OCCC(CCCC(C)OC)OC)c2)cc1CO. The van der Waals surface area contributed by atoms with Crippen molar-refractivity contribution in [2.45, 2.75) is 58.0 Å². The molecule has 0 aliphatic rings. The summed E-state index contributed by atoms with van der Waals surface area (Å²) in [6, 6.07) is 11.4. The highest BCUT2D eigenvalue weighted by Crippen LogP contribution is 2.33. The van der Waals surface area contributed by atoms with Crippen molar-refractivity contribution in [2.24, 2.45) is 0 Å². The van der Waals surface area contributed by atoms with Gasteiger partial charge in [-0.25, -0.2) is 0 Å². The third-order valence-corrected chi connectivity index (χ3v) is 5.57. The molecule has 2 N–H and O–H groups in total. The van der Waals surface area contributed by atoms with Crippen LogP contribution in [0.15, 0.2) is 36.4 Å². The van der Waals surface area contributed by atoms with Gasteiger partial charge in [0, 0.05) is 26.2 Å². The molecule has 2 rings (SSSR count). The van der Waals surface area contributed by atoms with Gasteiger partial charge in [0.15, 0.2) is 0 Å². The van der Waals surface area contributed by atoms with Gasteiger partial charge in [-0.1, -0.05) is 12.1 Å². The molecule has 172 valence electrons. The van der Waals surface area contributed by atoms with Gasteiger partial charge in [-0.2, -0.15) is 0 Å². The smallest absolute Gasteiger partial charge is 0.124 e. The first-order valence-corrected chi connectivity index (χ1v) is 10.8. The molecule has 0 radical (unpaired) electrons. The summed E-state index contributed by atoms with van der Waals surface area (Å²) in [4.78, 5) is 0. The topological polar surface area (TPSA) is 77.4 Å². The lowest BCUT2D eigenvalue weighted by Crippen LogP contribution is -2.16. The average Bonchev–Trinajstić information content (AvgIpc) is 2.81. The van der Waals surface area contributed by atoms with Gasteiger partial charge in [0.2, 0.25) is 0 Å². The second-order valence-electron chi connectivity index (χ2n) is 7.64. The van der Waals surface area contributed by atoms with Gasteiger partial charge in [-0.3, -0.25) is 0 Å². The third kappa shape index (κ3) is 7.51. The van der Waals surface area contributed by atoms with Crippen LogP contribution in [0.2, 0.25) is 0 Å². The summed E-state index contributed by atoms with van der Waals surface area (Å²) in [7, 11) is 5.03. The van der Waals surface area contributed by atoms with E-state index < -0.39 is 0 Å². The Bertz CT molecular complexity index is 792. The normalized spacial score (nSPS) is 13.1. The molecule has 0 aliphatic heterocycles. The minimum atomic E-state index is -0.139. The van der Waals surface area contributed by atoms with E-state index in [9.17, 15) is 10.2 Å². The van der Waals surface area contributed by atoms with Crippen molar-refractivity contribution in [1.29, 1.82) is 0 Å². The maximum atomic E-state index is 9.81. The molecule has 0 aliphatic carbocycles. The van der Waals surface area contributed by atoms with Crippen LogP contribution in [0.3, 0.4) is 0 Å². The first-order chi connectivity index (χ1) is 15.1. The molecule has 6 heteroatoms. The van der Waals surface area contributed by atoms with Crippen LogP contribution in [-0.2, 0) is 22.7 Å². The monoisotopic (exact) mass is 432 g/mol. The van der Waals surface area contributed by atoms with E-state index in [1.807, 2.05) is 30.3 Å². The lowest BCUT2D eigenvalue weighted by atomic mass is 9.96. The van der Waals surface area contributed by atoms with Crippen LogP contribution in [0.4, 0.5) is 0 Å². The zero-order chi connectivity index (χ0) is 22.6. The van der Waals surface area contributed by atoms with Crippen LogP contribution >= 0.6 is 0 Å². The summed E-state index contributed by atoms with van der Waals surface area (Å²) in [6.45, 7) is 2.37. The zero-order valence-corrected chi connectivity index (χ0v) is 19.1. The number of benzene rings is 2. The lowest BCUT2D eigenvalue weighted by Gasteiger charge is -2.17. The van der Waals surface area contributed by atoms with Crippen molar-refractivity contribution >= 4 is 0 Å². The maximum Gasteiger partial charge on any atom is 0.124 e. The van der Waals surface area contributed by atoms with Crippen LogP contribution in [0.1, 0.15) is 43.7 Å². The van der Waals surface area contributed by atoms with Crippen LogP contribution < -0.4 is 9.47 Å². The molecule has 0 saturated heterocycles. The van der Waals surface area contributed by atoms with Crippen LogP contribution in [0.5, 0.6) is 11.5 Å². The van der Waals surface area contributed by atoms with Gasteiger partial charge in [0.05, 0.1) is 39.1 Å². The highest BCUT2D eigenvalue weighted by molar-refractivity contribution is 5.71. The van der Waals surface area contributed by atoms with E-state index in [1.54, 1.807) is 27.4 Å². The molecule has 0 amide bonds. The van der Waals surface area contributed by atoms with Gasteiger partial charge < -0.3 is 29.2 Å². The molecule has 2 aromatic rings. The summed E-state index contributed by atoms with van der Waals surface area (Å²) in [6.07, 6.45) is 4.28. The Hall–Kier alpha value is -2.12. The number of methoxy groups -OCH3 is 3. The highest BCUT2D eigenvalue weighted by atomic mass is 16.5.